The van der Waals surface area contributed by atoms with E-state index in [1.54, 1.807) is 6.07 Å². The van der Waals surface area contributed by atoms with Gasteiger partial charge in [-0.05, 0) is 131 Å². The van der Waals surface area contributed by atoms with Gasteiger partial charge in [0.2, 0.25) is 0 Å². The van der Waals surface area contributed by atoms with Gasteiger partial charge in [-0.2, -0.15) is 0 Å². The number of benzene rings is 3. The molecule has 10 aliphatic rings. The minimum Gasteiger partial charge on any atom is -0.504 e. The second kappa shape index (κ2) is 12.9. The lowest BCUT2D eigenvalue weighted by atomic mass is 9.48. The van der Waals surface area contributed by atoms with Crippen LogP contribution in [0, 0.1) is 11.8 Å². The number of likely N-dealkylation sites (tertiary alicyclic amines) is 2. The Labute approximate surface area is 347 Å². The van der Waals surface area contributed by atoms with Gasteiger partial charge in [0.1, 0.15) is 6.10 Å². The molecule has 2 unspecified atom stereocenters. The standard InChI is InChI=1S/C29H36N2O3.C20H23NO4/c1-2-30(17-19-6-4-3-5-7-19)22-12-13-29(33)24-16-21-10-11-23(32)26-25(21)28(29,27(22)34-26)14-15-31(24)18-20-8-9-20;22-13-4-3-12-9-15-20(24)6-5-14(23)18-19(20,16(12)17(13)25-18)7-8-21(15)10-11-1-2-11/h3-7,10-11,20,22,24,27,32-33H,2,8-9,12-18H2,1H3;3-4,11,15,18,22,24H,1-2,5-10H2/t22-,24?,27+,28+,29-;15?,18-,19-,20+/m01/s1. The number of phenolic OH excluding ortho intramolecular Hbond substituents is 2. The number of ether oxygens (including phenoxy) is 2. The fraction of sp³-hybridized carbons (Fsp3) is 0.612. The smallest absolute Gasteiger partial charge is 0.174 e. The molecule has 9 atom stereocenters. The zero-order valence-electron chi connectivity index (χ0n) is 34.3. The number of likely N-dealkylation sites (N-methyl/N-ethyl adjacent to an activating group) is 1. The molecule has 10 heteroatoms. The number of aromatic hydroxyl groups is 2. The molecular formula is C49H59N3O7. The maximum Gasteiger partial charge on any atom is 0.174 e. The second-order valence-electron chi connectivity index (χ2n) is 20.2. The Kier molecular flexibility index (Phi) is 8.13. The molecule has 6 fully saturated rings. The van der Waals surface area contributed by atoms with Gasteiger partial charge in [-0.15, -0.1) is 0 Å². The van der Waals surface area contributed by atoms with Crippen LogP contribution in [-0.4, -0.2) is 115 Å². The Morgan fingerprint density at radius 3 is 1.90 bits per heavy atom. The number of phenols is 2. The summed E-state index contributed by atoms with van der Waals surface area (Å²) in [6.45, 7) is 8.12. The van der Waals surface area contributed by atoms with Crippen molar-refractivity contribution in [3.05, 3.63) is 82.4 Å². The molecular weight excluding hydrogens is 743 g/mol. The van der Waals surface area contributed by atoms with Gasteiger partial charge in [-0.3, -0.25) is 19.5 Å². The van der Waals surface area contributed by atoms with Crippen molar-refractivity contribution in [2.45, 2.75) is 143 Å². The van der Waals surface area contributed by atoms with Crippen LogP contribution in [0.3, 0.4) is 0 Å². The molecule has 4 saturated carbocycles. The number of aliphatic hydroxyl groups is 2. The number of piperidine rings is 2. The molecule has 0 aromatic heterocycles. The molecule has 4 N–H and O–H groups in total. The Hall–Kier alpha value is -3.67. The van der Waals surface area contributed by atoms with Crippen LogP contribution >= 0.6 is 0 Å². The van der Waals surface area contributed by atoms with E-state index in [2.05, 4.69) is 58.0 Å². The van der Waals surface area contributed by atoms with Crippen molar-refractivity contribution in [2.75, 3.05) is 32.7 Å². The molecule has 312 valence electrons. The number of ketones is 1. The lowest BCUT2D eigenvalue weighted by Crippen LogP contribution is -2.78. The van der Waals surface area contributed by atoms with Gasteiger partial charge in [0.15, 0.2) is 34.9 Å². The van der Waals surface area contributed by atoms with Gasteiger partial charge in [0.05, 0.1) is 22.0 Å². The van der Waals surface area contributed by atoms with E-state index in [9.17, 15) is 25.2 Å². The fourth-order valence-corrected chi connectivity index (χ4v) is 14.4. The van der Waals surface area contributed by atoms with Crippen LogP contribution in [0.5, 0.6) is 23.0 Å². The summed E-state index contributed by atoms with van der Waals surface area (Å²) >= 11 is 0. The Morgan fingerprint density at radius 2 is 1.29 bits per heavy atom. The number of Topliss-reactive ketones (excluding diaryl/α,β-unsaturated/α-hetero) is 1. The molecule has 4 heterocycles. The van der Waals surface area contributed by atoms with Crippen molar-refractivity contribution in [1.29, 1.82) is 0 Å². The van der Waals surface area contributed by atoms with Crippen molar-refractivity contribution in [1.82, 2.24) is 14.7 Å². The summed E-state index contributed by atoms with van der Waals surface area (Å²) in [6, 6.07) is 18.6. The molecule has 0 radical (unpaired) electrons. The largest absolute Gasteiger partial charge is 0.504 e. The summed E-state index contributed by atoms with van der Waals surface area (Å²) in [5.74, 6) is 3.08. The summed E-state index contributed by atoms with van der Waals surface area (Å²) in [6.07, 6.45) is 10.3. The number of carbonyl (C=O) groups excluding carboxylic acids is 1. The molecule has 4 bridgehead atoms. The van der Waals surface area contributed by atoms with Crippen LogP contribution in [0.4, 0.5) is 0 Å². The highest BCUT2D eigenvalue weighted by Gasteiger charge is 2.75. The molecule has 3 aromatic carbocycles. The highest BCUT2D eigenvalue weighted by Crippen LogP contribution is 2.67. The number of nitrogens with zero attached hydrogens (tertiary/aromatic N) is 3. The molecule has 2 saturated heterocycles. The van der Waals surface area contributed by atoms with Crippen LogP contribution in [0.1, 0.15) is 98.9 Å². The summed E-state index contributed by atoms with van der Waals surface area (Å²) in [5, 5.41) is 45.8. The van der Waals surface area contributed by atoms with Crippen molar-refractivity contribution in [3.8, 4) is 23.0 Å². The van der Waals surface area contributed by atoms with Gasteiger partial charge in [-0.1, -0.05) is 49.4 Å². The first-order valence-corrected chi connectivity index (χ1v) is 22.9. The normalized spacial score (nSPS) is 38.2. The van der Waals surface area contributed by atoms with Gasteiger partial charge in [0, 0.05) is 55.3 Å². The highest BCUT2D eigenvalue weighted by atomic mass is 16.5. The predicted molar refractivity (Wildman–Crippen MR) is 221 cm³/mol. The molecule has 3 aromatic rings. The van der Waals surface area contributed by atoms with Crippen LogP contribution in [0.2, 0.25) is 0 Å². The summed E-state index contributed by atoms with van der Waals surface area (Å²) in [4.78, 5) is 20.3. The van der Waals surface area contributed by atoms with E-state index in [0.29, 0.717) is 24.3 Å². The summed E-state index contributed by atoms with van der Waals surface area (Å²) < 4.78 is 12.8. The molecule has 10 nitrogen and oxygen atoms in total. The topological polar surface area (TPSA) is 126 Å². The van der Waals surface area contributed by atoms with Crippen LogP contribution in [0.25, 0.3) is 0 Å². The van der Waals surface area contributed by atoms with Gasteiger partial charge in [-0.25, -0.2) is 0 Å². The molecule has 2 spiro atoms. The van der Waals surface area contributed by atoms with E-state index in [1.807, 2.05) is 12.1 Å². The van der Waals surface area contributed by atoms with Crippen molar-refractivity contribution < 1.29 is 34.7 Å². The van der Waals surface area contributed by atoms with Crippen molar-refractivity contribution >= 4 is 5.78 Å². The van der Waals surface area contributed by atoms with Crippen molar-refractivity contribution in [2.24, 2.45) is 11.8 Å². The average Bonchev–Trinajstić information content (AvgIpc) is 4.16. The van der Waals surface area contributed by atoms with E-state index in [4.69, 9.17) is 9.47 Å². The van der Waals surface area contributed by atoms with E-state index < -0.39 is 28.1 Å². The first kappa shape index (κ1) is 37.1. The predicted octanol–water partition coefficient (Wildman–Crippen LogP) is 5.37. The van der Waals surface area contributed by atoms with E-state index in [0.717, 1.165) is 106 Å². The third-order valence-electron chi connectivity index (χ3n) is 17.4. The molecule has 4 aliphatic heterocycles. The Balaban J connectivity index is 0.000000134. The molecule has 59 heavy (non-hydrogen) atoms. The SMILES string of the molecule is CCN(Cc1ccccc1)[C@H]1CC[C@]2(O)C3Cc4ccc(O)c5c4[C@]2(CCN3CC2CC2)[C@@H]1O5.O=C1CC[C@]2(O)C3Cc4ccc(O)c5c4[C@]2(CCN3CC2CC2)[C@@H]1O5. The zero-order chi connectivity index (χ0) is 40.1. The summed E-state index contributed by atoms with van der Waals surface area (Å²) in [7, 11) is 0. The third-order valence-corrected chi connectivity index (χ3v) is 17.4. The number of rotatable bonds is 8. The van der Waals surface area contributed by atoms with Gasteiger partial charge in [0.25, 0.3) is 0 Å². The number of carbonyl (C=O) groups is 1. The van der Waals surface area contributed by atoms with E-state index >= 15 is 0 Å². The zero-order valence-corrected chi connectivity index (χ0v) is 34.3. The lowest BCUT2D eigenvalue weighted by molar-refractivity contribution is -0.201. The number of hydrogen-bond donors (Lipinski definition) is 4. The molecule has 6 aliphatic carbocycles. The van der Waals surface area contributed by atoms with Crippen LogP contribution < -0.4 is 9.47 Å². The molecule has 13 rings (SSSR count). The summed E-state index contributed by atoms with van der Waals surface area (Å²) in [5.41, 5.74) is 2.92. The van der Waals surface area contributed by atoms with E-state index in [1.165, 1.54) is 36.8 Å². The van der Waals surface area contributed by atoms with Crippen LogP contribution in [-0.2, 0) is 35.0 Å². The monoisotopic (exact) mass is 801 g/mol. The Bertz CT molecular complexity index is 2210. The quantitative estimate of drug-likeness (QED) is 0.236. The first-order chi connectivity index (χ1) is 28.6. The minimum absolute atomic E-state index is 0.0454. The molecule has 0 amide bonds. The first-order valence-electron chi connectivity index (χ1n) is 22.9. The average molecular weight is 802 g/mol. The maximum absolute atomic E-state index is 12.7. The fourth-order valence-electron chi connectivity index (χ4n) is 14.4. The third kappa shape index (κ3) is 5.01. The van der Waals surface area contributed by atoms with Crippen LogP contribution in [0.15, 0.2) is 54.6 Å². The van der Waals surface area contributed by atoms with Crippen molar-refractivity contribution in [3.63, 3.8) is 0 Å². The Morgan fingerprint density at radius 1 is 0.712 bits per heavy atom. The van der Waals surface area contributed by atoms with Gasteiger partial charge < -0.3 is 29.9 Å². The maximum atomic E-state index is 12.7. The van der Waals surface area contributed by atoms with Gasteiger partial charge >= 0.3 is 0 Å². The lowest BCUT2D eigenvalue weighted by Gasteiger charge is -2.65. The minimum atomic E-state index is -0.940. The highest BCUT2D eigenvalue weighted by molar-refractivity contribution is 5.90. The second-order valence-corrected chi connectivity index (χ2v) is 20.2. The number of hydrogen-bond acceptors (Lipinski definition) is 10. The van der Waals surface area contributed by atoms with E-state index in [-0.39, 0.29) is 41.5 Å².